The van der Waals surface area contributed by atoms with E-state index in [9.17, 15) is 9.50 Å². The van der Waals surface area contributed by atoms with Crippen molar-refractivity contribution < 1.29 is 9.50 Å². The molecule has 5 heteroatoms. The highest BCUT2D eigenvalue weighted by Crippen LogP contribution is 2.25. The van der Waals surface area contributed by atoms with Crippen LogP contribution in [0.5, 0.6) is 0 Å². The summed E-state index contributed by atoms with van der Waals surface area (Å²) in [6.45, 7) is 28.2. The van der Waals surface area contributed by atoms with Gasteiger partial charge in [0.1, 0.15) is 5.82 Å². The molecule has 1 N–H and O–H groups in total. The van der Waals surface area contributed by atoms with E-state index >= 15 is 0 Å². The van der Waals surface area contributed by atoms with Gasteiger partial charge in [-0.1, -0.05) is 72.9 Å². The summed E-state index contributed by atoms with van der Waals surface area (Å²) in [7, 11) is 0. The average molecular weight is 439 g/mol. The highest BCUT2D eigenvalue weighted by Gasteiger charge is 2.22. The van der Waals surface area contributed by atoms with Crippen molar-refractivity contribution in [3.8, 4) is 0 Å². The molecule has 1 aliphatic rings. The van der Waals surface area contributed by atoms with E-state index in [-0.39, 0.29) is 16.6 Å². The van der Waals surface area contributed by atoms with Gasteiger partial charge in [0.15, 0.2) is 5.76 Å². The van der Waals surface area contributed by atoms with Crippen LogP contribution in [0.15, 0.2) is 60.5 Å². The zero-order valence-corrected chi connectivity index (χ0v) is 20.6. The third-order valence-electron chi connectivity index (χ3n) is 4.19. The largest absolute Gasteiger partial charge is 0.504 e. The highest BCUT2D eigenvalue weighted by molar-refractivity contribution is 6.31. The summed E-state index contributed by atoms with van der Waals surface area (Å²) in [5, 5.41) is 10.1. The van der Waals surface area contributed by atoms with Crippen LogP contribution in [0.25, 0.3) is 5.70 Å². The van der Waals surface area contributed by atoms with Crippen LogP contribution >= 0.6 is 11.6 Å². The zero-order valence-electron chi connectivity index (χ0n) is 19.9. The van der Waals surface area contributed by atoms with Gasteiger partial charge in [-0.3, -0.25) is 0 Å². The molecule has 1 saturated heterocycles. The zero-order chi connectivity index (χ0) is 23.9. The topological polar surface area (TPSA) is 26.7 Å². The fourth-order valence-electron chi connectivity index (χ4n) is 2.85. The maximum atomic E-state index is 13.3. The number of allylic oxidation sites excluding steroid dienone is 2. The summed E-state index contributed by atoms with van der Waals surface area (Å²) in [6, 6.07) is 4.73. The Balaban J connectivity index is 0. The molecular weight excluding hydrogens is 399 g/mol. The van der Waals surface area contributed by atoms with Gasteiger partial charge >= 0.3 is 0 Å². The van der Waals surface area contributed by atoms with Crippen molar-refractivity contribution in [1.29, 1.82) is 0 Å². The van der Waals surface area contributed by atoms with Crippen molar-refractivity contribution in [2.45, 2.75) is 48.5 Å². The van der Waals surface area contributed by atoms with Crippen molar-refractivity contribution in [2.75, 3.05) is 26.2 Å². The Morgan fingerprint density at radius 2 is 1.47 bits per heavy atom. The molecule has 0 amide bonds. The number of halogens is 2. The highest BCUT2D eigenvalue weighted by atomic mass is 35.5. The minimum absolute atomic E-state index is 0.0478. The molecule has 0 aliphatic carbocycles. The molecule has 1 fully saturated rings. The smallest absolute Gasteiger partial charge is 0.156 e. The first-order chi connectivity index (χ1) is 14.3. The molecular formula is C25H40ClFN2O. The molecule has 1 heterocycles. The van der Waals surface area contributed by atoms with E-state index in [1.165, 1.54) is 12.1 Å². The van der Waals surface area contributed by atoms with E-state index in [0.717, 1.165) is 29.9 Å². The third kappa shape index (κ3) is 8.66. The van der Waals surface area contributed by atoms with Crippen LogP contribution < -0.4 is 0 Å². The lowest BCUT2D eigenvalue weighted by atomic mass is 10.0. The molecule has 0 bridgehead atoms. The van der Waals surface area contributed by atoms with Crippen molar-refractivity contribution in [3.63, 3.8) is 0 Å². The van der Waals surface area contributed by atoms with Crippen LogP contribution in [-0.4, -0.2) is 41.1 Å². The predicted molar refractivity (Wildman–Crippen MR) is 132 cm³/mol. The van der Waals surface area contributed by atoms with Gasteiger partial charge in [-0.2, -0.15) is 0 Å². The number of aliphatic hydroxyl groups excluding tert-OH is 1. The predicted octanol–water partition coefficient (Wildman–Crippen LogP) is 7.51. The molecule has 1 aliphatic heterocycles. The maximum absolute atomic E-state index is 13.3. The monoisotopic (exact) mass is 438 g/mol. The summed E-state index contributed by atoms with van der Waals surface area (Å²) >= 11 is 5.78. The summed E-state index contributed by atoms with van der Waals surface area (Å²) in [5.74, 6) is -0.292. The van der Waals surface area contributed by atoms with Gasteiger partial charge in [-0.15, -0.1) is 0 Å². The minimum atomic E-state index is -0.244. The van der Waals surface area contributed by atoms with Gasteiger partial charge in [-0.05, 0) is 36.8 Å². The minimum Gasteiger partial charge on any atom is -0.504 e. The number of piperazine rings is 1. The van der Waals surface area contributed by atoms with E-state index in [4.69, 9.17) is 11.6 Å². The SMILES string of the molecule is C=C/C(=C(/O)C(=C)Cl)N1CCN(C(=C)c2ccc(F)cc2C)CC1.CC.CC.CC. The fourth-order valence-corrected chi connectivity index (χ4v) is 2.95. The quantitative estimate of drug-likeness (QED) is 0.380. The second kappa shape index (κ2) is 16.6. The molecule has 0 aromatic heterocycles. The summed E-state index contributed by atoms with van der Waals surface area (Å²) in [6.07, 6.45) is 1.58. The second-order valence-corrected chi connectivity index (χ2v) is 6.18. The Labute approximate surface area is 188 Å². The standard InChI is InChI=1S/C19H22ClFN2O.3C2H6/c1-5-18(19(24)14(3)20)23-10-8-22(9-11-23)15(4)17-7-6-16(21)12-13(17)2;3*1-2/h5-7,12,24H,1,3-4,8-11H2,2H3;3*1-2H3/b19-18-;;;. The fraction of sp³-hybridized carbons (Fsp3) is 0.440. The molecule has 30 heavy (non-hydrogen) atoms. The molecule has 0 atom stereocenters. The number of hydrogen-bond donors (Lipinski definition) is 1. The Morgan fingerprint density at radius 3 is 1.87 bits per heavy atom. The average Bonchev–Trinajstić information content (AvgIpc) is 2.78. The number of hydrogen-bond acceptors (Lipinski definition) is 3. The molecule has 1 aromatic carbocycles. The number of aliphatic hydroxyl groups is 1. The molecule has 170 valence electrons. The summed E-state index contributed by atoms with van der Waals surface area (Å²) in [5.41, 5.74) is 3.27. The van der Waals surface area contributed by atoms with Gasteiger partial charge < -0.3 is 14.9 Å². The lowest BCUT2D eigenvalue weighted by Gasteiger charge is -2.39. The number of benzene rings is 1. The number of aryl methyl sites for hydroxylation is 1. The van der Waals surface area contributed by atoms with Crippen LogP contribution in [-0.2, 0) is 0 Å². The first-order valence-corrected chi connectivity index (χ1v) is 11.1. The van der Waals surface area contributed by atoms with Crippen LogP contribution in [0, 0.1) is 12.7 Å². The Hall–Kier alpha value is -2.20. The van der Waals surface area contributed by atoms with Crippen LogP contribution in [0.3, 0.4) is 0 Å². The van der Waals surface area contributed by atoms with E-state index < -0.39 is 0 Å². The van der Waals surface area contributed by atoms with E-state index in [2.05, 4.69) is 24.6 Å². The van der Waals surface area contributed by atoms with Crippen LogP contribution in [0.1, 0.15) is 52.7 Å². The van der Waals surface area contributed by atoms with Crippen molar-refractivity contribution >= 4 is 17.3 Å². The van der Waals surface area contributed by atoms with E-state index in [1.807, 2.05) is 53.4 Å². The number of nitrogens with zero attached hydrogens (tertiary/aromatic N) is 2. The second-order valence-electron chi connectivity index (χ2n) is 5.72. The molecule has 1 aromatic rings. The van der Waals surface area contributed by atoms with Crippen molar-refractivity contribution in [1.82, 2.24) is 9.80 Å². The molecule has 0 saturated carbocycles. The molecule has 0 unspecified atom stereocenters. The van der Waals surface area contributed by atoms with Gasteiger partial charge in [-0.25, -0.2) is 4.39 Å². The van der Waals surface area contributed by atoms with E-state index in [1.54, 1.807) is 12.1 Å². The normalized spacial score (nSPS) is 13.2. The van der Waals surface area contributed by atoms with Gasteiger partial charge in [0.2, 0.25) is 0 Å². The first-order valence-electron chi connectivity index (χ1n) is 10.7. The third-order valence-corrected chi connectivity index (χ3v) is 4.37. The van der Waals surface area contributed by atoms with Crippen molar-refractivity contribution in [3.05, 3.63) is 77.4 Å². The van der Waals surface area contributed by atoms with E-state index in [0.29, 0.717) is 18.8 Å². The van der Waals surface area contributed by atoms with Crippen LogP contribution in [0.2, 0.25) is 0 Å². The molecule has 0 radical (unpaired) electrons. The van der Waals surface area contributed by atoms with Gasteiger partial charge in [0.25, 0.3) is 0 Å². The maximum Gasteiger partial charge on any atom is 0.156 e. The van der Waals surface area contributed by atoms with Gasteiger partial charge in [0.05, 0.1) is 10.7 Å². The Morgan fingerprint density at radius 1 is 1.00 bits per heavy atom. The number of rotatable bonds is 5. The summed E-state index contributed by atoms with van der Waals surface area (Å²) in [4.78, 5) is 4.17. The first kappa shape index (κ1) is 30.0. The Bertz CT molecular complexity index is 705. The summed E-state index contributed by atoms with van der Waals surface area (Å²) < 4.78 is 13.3. The molecule has 0 spiro atoms. The van der Waals surface area contributed by atoms with Crippen LogP contribution in [0.4, 0.5) is 4.39 Å². The lowest BCUT2D eigenvalue weighted by Crippen LogP contribution is -2.44. The molecule has 2 rings (SSSR count). The molecule has 3 nitrogen and oxygen atoms in total. The van der Waals surface area contributed by atoms with Crippen molar-refractivity contribution in [2.24, 2.45) is 0 Å². The lowest BCUT2D eigenvalue weighted by molar-refractivity contribution is 0.210. The van der Waals surface area contributed by atoms with Gasteiger partial charge in [0, 0.05) is 37.4 Å². The Kier molecular flexibility index (Phi) is 16.6.